The lowest BCUT2D eigenvalue weighted by Crippen LogP contribution is -2.19. The number of hydrogen-bond donors (Lipinski definition) is 1. The Morgan fingerprint density at radius 1 is 1.36 bits per heavy atom. The van der Waals surface area contributed by atoms with Crippen molar-refractivity contribution in [3.8, 4) is 0 Å². The Labute approximate surface area is 96.2 Å². The summed E-state index contributed by atoms with van der Waals surface area (Å²) in [6.07, 6.45) is -2.40. The van der Waals surface area contributed by atoms with E-state index >= 15 is 0 Å². The molecule has 0 saturated heterocycles. The lowest BCUT2D eigenvalue weighted by atomic mass is 10.0. The highest BCUT2D eigenvalue weighted by Crippen LogP contribution is 2.24. The molecule has 0 aliphatic heterocycles. The van der Waals surface area contributed by atoms with Crippen LogP contribution in [0.5, 0.6) is 0 Å². The van der Waals surface area contributed by atoms with E-state index in [1.54, 1.807) is 24.3 Å². The van der Waals surface area contributed by atoms with E-state index in [-0.39, 0.29) is 19.0 Å². The second-order valence-corrected chi connectivity index (χ2v) is 3.65. The topological polar surface area (TPSA) is 26.0 Å². The van der Waals surface area contributed by atoms with Gasteiger partial charge in [0.1, 0.15) is 0 Å². The molecule has 1 atom stereocenters. The molecule has 1 nitrogen and oxygen atoms in total. The molecule has 0 spiro atoms. The average Bonchev–Trinajstić information content (AvgIpc) is 2.04. The van der Waals surface area contributed by atoms with Crippen LogP contribution < -0.4 is 5.73 Å². The van der Waals surface area contributed by atoms with Crippen LogP contribution in [0.4, 0.5) is 8.78 Å². The van der Waals surface area contributed by atoms with E-state index in [0.29, 0.717) is 5.56 Å². The molecular weight excluding hydrogens is 275 g/mol. The average molecular weight is 287 g/mol. The van der Waals surface area contributed by atoms with Gasteiger partial charge in [-0.15, -0.1) is 12.4 Å². The second-order valence-electron chi connectivity index (χ2n) is 2.73. The van der Waals surface area contributed by atoms with Crippen LogP contribution in [0, 0.1) is 0 Å². The molecule has 80 valence electrons. The van der Waals surface area contributed by atoms with Crippen LogP contribution in [0.1, 0.15) is 11.5 Å². The van der Waals surface area contributed by atoms with Gasteiger partial charge >= 0.3 is 0 Å². The fourth-order valence-corrected chi connectivity index (χ4v) is 1.54. The van der Waals surface area contributed by atoms with Gasteiger partial charge in [-0.25, -0.2) is 8.78 Å². The van der Waals surface area contributed by atoms with Crippen molar-refractivity contribution in [3.05, 3.63) is 34.3 Å². The molecule has 14 heavy (non-hydrogen) atoms. The maximum absolute atomic E-state index is 12.4. The normalized spacial score (nSPS) is 12.4. The molecule has 0 bridgehead atoms. The number of rotatable bonds is 3. The zero-order valence-corrected chi connectivity index (χ0v) is 9.69. The van der Waals surface area contributed by atoms with Gasteiger partial charge in [-0.3, -0.25) is 0 Å². The monoisotopic (exact) mass is 285 g/mol. The Hall–Kier alpha value is -0.190. The van der Waals surface area contributed by atoms with Crippen molar-refractivity contribution in [2.24, 2.45) is 5.73 Å². The van der Waals surface area contributed by atoms with E-state index in [4.69, 9.17) is 5.73 Å². The number of nitrogens with two attached hydrogens (primary N) is 1. The number of hydrogen-bond acceptors (Lipinski definition) is 1. The summed E-state index contributed by atoms with van der Waals surface area (Å²) < 4.78 is 25.6. The summed E-state index contributed by atoms with van der Waals surface area (Å²) in [5.74, 6) is -0.863. The van der Waals surface area contributed by atoms with Crippen LogP contribution in [-0.2, 0) is 0 Å². The summed E-state index contributed by atoms with van der Waals surface area (Å²) in [6.45, 7) is -0.0336. The third-order valence-electron chi connectivity index (χ3n) is 1.83. The maximum atomic E-state index is 12.4. The van der Waals surface area contributed by atoms with E-state index in [1.807, 2.05) is 0 Å². The van der Waals surface area contributed by atoms with Gasteiger partial charge in [-0.2, -0.15) is 0 Å². The number of benzene rings is 1. The Bertz CT molecular complexity index is 283. The van der Waals surface area contributed by atoms with Gasteiger partial charge in [-0.05, 0) is 17.7 Å². The fraction of sp³-hybridized carbons (Fsp3) is 0.333. The highest BCUT2D eigenvalue weighted by Gasteiger charge is 2.20. The van der Waals surface area contributed by atoms with E-state index in [2.05, 4.69) is 15.9 Å². The van der Waals surface area contributed by atoms with Gasteiger partial charge in [0.05, 0.1) is 5.92 Å². The van der Waals surface area contributed by atoms with Crippen LogP contribution in [0.3, 0.4) is 0 Å². The Morgan fingerprint density at radius 2 is 2.00 bits per heavy atom. The molecule has 0 aliphatic rings. The van der Waals surface area contributed by atoms with Gasteiger partial charge < -0.3 is 5.73 Å². The first kappa shape index (κ1) is 13.8. The summed E-state index contributed by atoms with van der Waals surface area (Å²) in [5.41, 5.74) is 5.84. The molecule has 5 heteroatoms. The first-order valence-corrected chi connectivity index (χ1v) is 4.68. The van der Waals surface area contributed by atoms with Crippen molar-refractivity contribution >= 4 is 28.3 Å². The SMILES string of the molecule is Cl.NCC(c1cccc(Br)c1)C(F)F. The molecule has 2 N–H and O–H groups in total. The van der Waals surface area contributed by atoms with Gasteiger partial charge in [0.15, 0.2) is 0 Å². The van der Waals surface area contributed by atoms with Gasteiger partial charge in [0.2, 0.25) is 6.43 Å². The first-order chi connectivity index (χ1) is 6.15. The molecule has 0 heterocycles. The van der Waals surface area contributed by atoms with Crippen LogP contribution in [0.15, 0.2) is 28.7 Å². The van der Waals surface area contributed by atoms with Crippen molar-refractivity contribution < 1.29 is 8.78 Å². The molecular formula is C9H11BrClF2N. The van der Waals surface area contributed by atoms with Crippen LogP contribution in [0.25, 0.3) is 0 Å². The van der Waals surface area contributed by atoms with Crippen LogP contribution in [0.2, 0.25) is 0 Å². The fourth-order valence-electron chi connectivity index (χ4n) is 1.12. The summed E-state index contributed by atoms with van der Waals surface area (Å²) in [5, 5.41) is 0. The minimum atomic E-state index is -2.40. The zero-order valence-electron chi connectivity index (χ0n) is 7.29. The van der Waals surface area contributed by atoms with Crippen molar-refractivity contribution in [1.82, 2.24) is 0 Å². The smallest absolute Gasteiger partial charge is 0.246 e. The zero-order chi connectivity index (χ0) is 9.84. The number of alkyl halides is 2. The van der Waals surface area contributed by atoms with Gasteiger partial charge in [0.25, 0.3) is 0 Å². The summed E-state index contributed by atoms with van der Waals surface area (Å²) in [4.78, 5) is 0. The van der Waals surface area contributed by atoms with Crippen molar-refractivity contribution in [1.29, 1.82) is 0 Å². The molecule has 0 fully saturated rings. The third kappa shape index (κ3) is 3.52. The van der Waals surface area contributed by atoms with Crippen molar-refractivity contribution in [2.45, 2.75) is 12.3 Å². The predicted molar refractivity (Wildman–Crippen MR) is 59.2 cm³/mol. The van der Waals surface area contributed by atoms with E-state index in [0.717, 1.165) is 4.47 Å². The quantitative estimate of drug-likeness (QED) is 0.907. The lowest BCUT2D eigenvalue weighted by molar-refractivity contribution is 0.117. The molecule has 1 aromatic carbocycles. The van der Waals surface area contributed by atoms with Crippen LogP contribution >= 0.6 is 28.3 Å². The van der Waals surface area contributed by atoms with Crippen molar-refractivity contribution in [2.75, 3.05) is 6.54 Å². The predicted octanol–water partition coefficient (Wildman–Crippen LogP) is 3.18. The molecule has 0 aliphatic carbocycles. The molecule has 1 unspecified atom stereocenters. The molecule has 0 saturated carbocycles. The summed E-state index contributed by atoms with van der Waals surface area (Å²) >= 11 is 3.22. The second kappa shape index (κ2) is 6.32. The van der Waals surface area contributed by atoms with E-state index in [9.17, 15) is 8.78 Å². The summed E-state index contributed by atoms with van der Waals surface area (Å²) in [7, 11) is 0. The Morgan fingerprint density at radius 3 is 2.43 bits per heavy atom. The van der Waals surface area contributed by atoms with E-state index < -0.39 is 12.3 Å². The Kier molecular flexibility index (Phi) is 6.24. The van der Waals surface area contributed by atoms with E-state index in [1.165, 1.54) is 0 Å². The highest BCUT2D eigenvalue weighted by atomic mass is 79.9. The maximum Gasteiger partial charge on any atom is 0.246 e. The standard InChI is InChI=1S/C9H10BrF2N.ClH/c10-7-3-1-2-6(4-7)8(5-13)9(11)12;/h1-4,8-9H,5,13H2;1H. The minimum absolute atomic E-state index is 0. The van der Waals surface area contributed by atoms with Gasteiger partial charge in [-0.1, -0.05) is 28.1 Å². The highest BCUT2D eigenvalue weighted by molar-refractivity contribution is 9.10. The van der Waals surface area contributed by atoms with Gasteiger partial charge in [0, 0.05) is 11.0 Å². The molecule has 1 rings (SSSR count). The molecule has 0 amide bonds. The minimum Gasteiger partial charge on any atom is -0.330 e. The number of halogens is 4. The van der Waals surface area contributed by atoms with Crippen LogP contribution in [-0.4, -0.2) is 13.0 Å². The third-order valence-corrected chi connectivity index (χ3v) is 2.33. The molecule has 1 aromatic rings. The Balaban J connectivity index is 0.00000169. The lowest BCUT2D eigenvalue weighted by Gasteiger charge is -2.13. The largest absolute Gasteiger partial charge is 0.330 e. The molecule has 0 aromatic heterocycles. The molecule has 0 radical (unpaired) electrons. The summed E-state index contributed by atoms with van der Waals surface area (Å²) in [6, 6.07) is 6.85. The van der Waals surface area contributed by atoms with Crippen molar-refractivity contribution in [3.63, 3.8) is 0 Å². The first-order valence-electron chi connectivity index (χ1n) is 3.89.